The first-order valence-corrected chi connectivity index (χ1v) is 5.77. The molecule has 0 aromatic heterocycles. The van der Waals surface area contributed by atoms with Gasteiger partial charge in [0.2, 0.25) is 5.91 Å². The van der Waals surface area contributed by atoms with Gasteiger partial charge >= 0.3 is 0 Å². The quantitative estimate of drug-likeness (QED) is 0.781. The number of fused-ring (bicyclic) bond motifs is 1. The molecular weight excluding hydrogens is 212 g/mol. The van der Waals surface area contributed by atoms with Crippen LogP contribution in [0.1, 0.15) is 32.1 Å². The van der Waals surface area contributed by atoms with E-state index in [4.69, 9.17) is 0 Å². The van der Waals surface area contributed by atoms with Crippen molar-refractivity contribution in [3.63, 3.8) is 0 Å². The van der Waals surface area contributed by atoms with Crippen LogP contribution in [0.3, 0.4) is 0 Å². The minimum Gasteiger partial charge on any atom is -0.338 e. The van der Waals surface area contributed by atoms with Crippen molar-refractivity contribution in [1.82, 2.24) is 10.2 Å². The third-order valence-corrected chi connectivity index (χ3v) is 3.60. The van der Waals surface area contributed by atoms with Crippen LogP contribution in [0.15, 0.2) is 0 Å². The third-order valence-electron chi connectivity index (χ3n) is 3.60. The van der Waals surface area contributed by atoms with Crippen molar-refractivity contribution in [1.29, 1.82) is 0 Å². The Kier molecular flexibility index (Phi) is 4.87. The Morgan fingerprint density at radius 2 is 2.07 bits per heavy atom. The molecule has 0 radical (unpaired) electrons. The topological polar surface area (TPSA) is 32.3 Å². The van der Waals surface area contributed by atoms with Gasteiger partial charge in [0.1, 0.15) is 0 Å². The summed E-state index contributed by atoms with van der Waals surface area (Å²) in [6.07, 6.45) is 6.62. The van der Waals surface area contributed by atoms with Gasteiger partial charge in [0.15, 0.2) is 0 Å². The molecule has 1 N–H and O–H groups in total. The number of hydrogen-bond acceptors (Lipinski definition) is 2. The standard InChI is InChI=1S/C11H20N2O.ClH/c1-12-7-11(14)13-8-9-5-3-2-4-6-10(9)13;/h9-10,12H,2-8H2,1H3;1H. The second-order valence-corrected chi connectivity index (χ2v) is 4.54. The highest BCUT2D eigenvalue weighted by molar-refractivity contribution is 5.85. The molecule has 4 heteroatoms. The van der Waals surface area contributed by atoms with Crippen LogP contribution in [-0.4, -0.2) is 37.0 Å². The maximum atomic E-state index is 11.7. The highest BCUT2D eigenvalue weighted by atomic mass is 35.5. The monoisotopic (exact) mass is 232 g/mol. The molecule has 15 heavy (non-hydrogen) atoms. The number of carbonyl (C=O) groups is 1. The fourth-order valence-corrected chi connectivity index (χ4v) is 2.78. The smallest absolute Gasteiger partial charge is 0.236 e. The number of nitrogens with one attached hydrogen (secondary N) is 1. The molecule has 2 rings (SSSR count). The van der Waals surface area contributed by atoms with Gasteiger partial charge in [0.05, 0.1) is 6.54 Å². The first-order chi connectivity index (χ1) is 6.83. The molecule has 3 nitrogen and oxygen atoms in total. The summed E-state index contributed by atoms with van der Waals surface area (Å²) in [5, 5.41) is 2.94. The van der Waals surface area contributed by atoms with Crippen LogP contribution < -0.4 is 5.32 Å². The van der Waals surface area contributed by atoms with Crippen molar-refractivity contribution in [3.05, 3.63) is 0 Å². The molecule has 0 bridgehead atoms. The summed E-state index contributed by atoms with van der Waals surface area (Å²) < 4.78 is 0. The molecule has 2 atom stereocenters. The lowest BCUT2D eigenvalue weighted by Gasteiger charge is -2.47. The Bertz CT molecular complexity index is 223. The van der Waals surface area contributed by atoms with Gasteiger partial charge in [-0.1, -0.05) is 19.3 Å². The largest absolute Gasteiger partial charge is 0.338 e. The second-order valence-electron chi connectivity index (χ2n) is 4.54. The Morgan fingerprint density at radius 1 is 1.33 bits per heavy atom. The first-order valence-electron chi connectivity index (χ1n) is 5.77. The van der Waals surface area contributed by atoms with E-state index in [0.29, 0.717) is 12.6 Å². The van der Waals surface area contributed by atoms with E-state index in [0.717, 1.165) is 12.5 Å². The predicted octanol–water partition coefficient (Wildman–Crippen LogP) is 1.42. The summed E-state index contributed by atoms with van der Waals surface area (Å²) in [5.74, 6) is 1.11. The number of likely N-dealkylation sites (N-methyl/N-ethyl adjacent to an activating group) is 1. The van der Waals surface area contributed by atoms with Crippen LogP contribution in [0.2, 0.25) is 0 Å². The number of amides is 1. The van der Waals surface area contributed by atoms with Gasteiger partial charge in [-0.2, -0.15) is 0 Å². The highest BCUT2D eigenvalue weighted by Gasteiger charge is 2.41. The Labute approximate surface area is 98.0 Å². The second kappa shape index (κ2) is 5.71. The van der Waals surface area contributed by atoms with E-state index >= 15 is 0 Å². The minimum atomic E-state index is 0. The lowest BCUT2D eigenvalue weighted by atomic mass is 9.84. The zero-order valence-corrected chi connectivity index (χ0v) is 10.2. The Hall–Kier alpha value is -0.280. The van der Waals surface area contributed by atoms with Gasteiger partial charge in [0, 0.05) is 12.6 Å². The molecule has 2 unspecified atom stereocenters. The van der Waals surface area contributed by atoms with Crippen LogP contribution in [0.25, 0.3) is 0 Å². The first kappa shape index (κ1) is 12.8. The summed E-state index contributed by atoms with van der Waals surface area (Å²) in [6, 6.07) is 0.582. The molecule has 0 aromatic rings. The van der Waals surface area contributed by atoms with E-state index in [9.17, 15) is 4.79 Å². The summed E-state index contributed by atoms with van der Waals surface area (Å²) >= 11 is 0. The lowest BCUT2D eigenvalue weighted by Crippen LogP contribution is -2.59. The summed E-state index contributed by atoms with van der Waals surface area (Å²) in [4.78, 5) is 13.7. The van der Waals surface area contributed by atoms with Gasteiger partial charge in [-0.05, 0) is 25.8 Å². The average molecular weight is 233 g/mol. The van der Waals surface area contributed by atoms with Crippen LogP contribution in [-0.2, 0) is 4.79 Å². The molecule has 1 saturated carbocycles. The van der Waals surface area contributed by atoms with E-state index in [2.05, 4.69) is 10.2 Å². The Balaban J connectivity index is 0.00000112. The van der Waals surface area contributed by atoms with E-state index in [1.54, 1.807) is 0 Å². The van der Waals surface area contributed by atoms with Gasteiger partial charge < -0.3 is 10.2 Å². The highest BCUT2D eigenvalue weighted by Crippen LogP contribution is 2.35. The molecule has 1 amide bonds. The SMILES string of the molecule is CNCC(=O)N1CC2CCCCCC21.Cl. The van der Waals surface area contributed by atoms with Crippen LogP contribution >= 0.6 is 12.4 Å². The van der Waals surface area contributed by atoms with E-state index < -0.39 is 0 Å². The minimum absolute atomic E-state index is 0. The van der Waals surface area contributed by atoms with Crippen molar-refractivity contribution >= 4 is 18.3 Å². The predicted molar refractivity (Wildman–Crippen MR) is 63.3 cm³/mol. The van der Waals surface area contributed by atoms with E-state index in [1.807, 2.05) is 7.05 Å². The summed E-state index contributed by atoms with van der Waals surface area (Å²) in [5.41, 5.74) is 0. The maximum absolute atomic E-state index is 11.7. The fraction of sp³-hybridized carbons (Fsp3) is 0.909. The van der Waals surface area contributed by atoms with Crippen molar-refractivity contribution < 1.29 is 4.79 Å². The number of nitrogens with zero attached hydrogens (tertiary/aromatic N) is 1. The molecule has 0 spiro atoms. The molecule has 0 aromatic carbocycles. The van der Waals surface area contributed by atoms with Gasteiger partial charge in [-0.3, -0.25) is 4.79 Å². The molecule has 1 saturated heterocycles. The molecular formula is C11H21ClN2O. The van der Waals surface area contributed by atoms with Gasteiger partial charge in [-0.15, -0.1) is 12.4 Å². The van der Waals surface area contributed by atoms with Crippen molar-refractivity contribution in [2.75, 3.05) is 20.1 Å². The zero-order valence-electron chi connectivity index (χ0n) is 9.37. The molecule has 2 fully saturated rings. The lowest BCUT2D eigenvalue weighted by molar-refractivity contribution is -0.142. The molecule has 1 aliphatic heterocycles. The van der Waals surface area contributed by atoms with Crippen LogP contribution in [0, 0.1) is 5.92 Å². The van der Waals surface area contributed by atoms with Crippen LogP contribution in [0.4, 0.5) is 0 Å². The van der Waals surface area contributed by atoms with Gasteiger partial charge in [0.25, 0.3) is 0 Å². The van der Waals surface area contributed by atoms with Gasteiger partial charge in [-0.25, -0.2) is 0 Å². The van der Waals surface area contributed by atoms with Crippen molar-refractivity contribution in [2.45, 2.75) is 38.1 Å². The van der Waals surface area contributed by atoms with Crippen molar-refractivity contribution in [3.8, 4) is 0 Å². The molecule has 88 valence electrons. The van der Waals surface area contributed by atoms with E-state index in [1.165, 1.54) is 32.1 Å². The molecule has 2 aliphatic rings. The summed E-state index contributed by atoms with van der Waals surface area (Å²) in [6.45, 7) is 1.52. The summed E-state index contributed by atoms with van der Waals surface area (Å²) in [7, 11) is 1.84. The molecule has 1 heterocycles. The number of rotatable bonds is 2. The van der Waals surface area contributed by atoms with E-state index in [-0.39, 0.29) is 18.3 Å². The molecule has 1 aliphatic carbocycles. The normalized spacial score (nSPS) is 29.5. The zero-order chi connectivity index (χ0) is 9.97. The third kappa shape index (κ3) is 2.64. The number of hydrogen-bond donors (Lipinski definition) is 1. The maximum Gasteiger partial charge on any atom is 0.236 e. The van der Waals surface area contributed by atoms with Crippen LogP contribution in [0.5, 0.6) is 0 Å². The Morgan fingerprint density at radius 3 is 2.80 bits per heavy atom. The number of carbonyl (C=O) groups excluding carboxylic acids is 1. The fourth-order valence-electron chi connectivity index (χ4n) is 2.78. The average Bonchev–Trinajstić information content (AvgIpc) is 2.29. The number of likely N-dealkylation sites (tertiary alicyclic amines) is 1. The van der Waals surface area contributed by atoms with Crippen molar-refractivity contribution in [2.24, 2.45) is 5.92 Å². The number of halogens is 1.